The van der Waals surface area contributed by atoms with Crippen molar-refractivity contribution >= 4 is 17.3 Å². The monoisotopic (exact) mass is 356 g/mol. The molecule has 24 heavy (non-hydrogen) atoms. The summed E-state index contributed by atoms with van der Waals surface area (Å²) in [6, 6.07) is 9.48. The molecule has 0 radical (unpaired) electrons. The highest BCUT2D eigenvalue weighted by molar-refractivity contribution is 6.30. The van der Waals surface area contributed by atoms with Gasteiger partial charge in [0.2, 0.25) is 0 Å². The highest BCUT2D eigenvalue weighted by Crippen LogP contribution is 2.35. The number of aromatic nitrogens is 1. The molecule has 128 valence electrons. The minimum atomic E-state index is -4.44. The first-order valence-corrected chi connectivity index (χ1v) is 7.92. The van der Waals surface area contributed by atoms with E-state index in [9.17, 15) is 18.3 Å². The van der Waals surface area contributed by atoms with Crippen molar-refractivity contribution in [3.05, 3.63) is 58.9 Å². The number of anilines is 1. The average Bonchev–Trinajstić information content (AvgIpc) is 2.55. The molecule has 1 aromatic carbocycles. The van der Waals surface area contributed by atoms with Crippen LogP contribution in [0.15, 0.2) is 42.6 Å². The molecule has 1 aliphatic heterocycles. The normalized spacial score (nSPS) is 17.8. The molecule has 0 amide bonds. The van der Waals surface area contributed by atoms with Crippen molar-refractivity contribution in [2.24, 2.45) is 0 Å². The number of benzene rings is 1. The molecule has 1 saturated heterocycles. The van der Waals surface area contributed by atoms with E-state index in [-0.39, 0.29) is 0 Å². The van der Waals surface area contributed by atoms with E-state index < -0.39 is 17.5 Å². The van der Waals surface area contributed by atoms with Crippen LogP contribution in [0.25, 0.3) is 0 Å². The predicted molar refractivity (Wildman–Crippen MR) is 86.0 cm³/mol. The van der Waals surface area contributed by atoms with Crippen LogP contribution in [0.1, 0.15) is 24.1 Å². The largest absolute Gasteiger partial charge is 0.433 e. The number of alkyl halides is 3. The molecular formula is C17H16ClF3N2O. The summed E-state index contributed by atoms with van der Waals surface area (Å²) in [5, 5.41) is 11.4. The molecule has 1 aliphatic rings. The van der Waals surface area contributed by atoms with E-state index >= 15 is 0 Å². The molecule has 1 fully saturated rings. The zero-order valence-electron chi connectivity index (χ0n) is 12.7. The summed E-state index contributed by atoms with van der Waals surface area (Å²) in [6.45, 7) is 1.07. The van der Waals surface area contributed by atoms with Crippen LogP contribution in [0.4, 0.5) is 18.9 Å². The first-order valence-electron chi connectivity index (χ1n) is 7.55. The Morgan fingerprint density at radius 2 is 1.67 bits per heavy atom. The number of piperidine rings is 1. The Balaban J connectivity index is 1.69. The SMILES string of the molecule is OC1(c2ccc(Cl)cc2)CCN(c2ccc(C(F)(F)F)nc2)CC1. The van der Waals surface area contributed by atoms with E-state index in [4.69, 9.17) is 11.6 Å². The number of nitrogens with zero attached hydrogens (tertiary/aromatic N) is 2. The highest BCUT2D eigenvalue weighted by Gasteiger charge is 2.35. The van der Waals surface area contributed by atoms with Gasteiger partial charge in [-0.3, -0.25) is 0 Å². The summed E-state index contributed by atoms with van der Waals surface area (Å²) in [5.41, 5.74) is -0.417. The third-order valence-corrected chi connectivity index (χ3v) is 4.63. The molecule has 3 rings (SSSR count). The fourth-order valence-electron chi connectivity index (χ4n) is 2.92. The fourth-order valence-corrected chi connectivity index (χ4v) is 3.05. The second-order valence-electron chi connectivity index (χ2n) is 5.92. The van der Waals surface area contributed by atoms with Gasteiger partial charge in [-0.15, -0.1) is 0 Å². The van der Waals surface area contributed by atoms with Gasteiger partial charge >= 0.3 is 6.18 Å². The van der Waals surface area contributed by atoms with Crippen LogP contribution in [-0.2, 0) is 11.8 Å². The smallest absolute Gasteiger partial charge is 0.385 e. The lowest BCUT2D eigenvalue weighted by Crippen LogP contribution is -2.42. The molecule has 0 atom stereocenters. The van der Waals surface area contributed by atoms with Gasteiger partial charge in [-0.25, -0.2) is 4.98 Å². The topological polar surface area (TPSA) is 36.4 Å². The molecular weight excluding hydrogens is 341 g/mol. The molecule has 3 nitrogen and oxygen atoms in total. The quantitative estimate of drug-likeness (QED) is 0.874. The van der Waals surface area contributed by atoms with E-state index in [1.807, 2.05) is 4.90 Å². The van der Waals surface area contributed by atoms with Gasteiger partial charge in [-0.1, -0.05) is 23.7 Å². The van der Waals surface area contributed by atoms with Crippen molar-refractivity contribution in [3.63, 3.8) is 0 Å². The second kappa shape index (κ2) is 6.26. The van der Waals surface area contributed by atoms with E-state index in [0.29, 0.717) is 36.6 Å². The molecule has 2 heterocycles. The summed E-state index contributed by atoms with van der Waals surface area (Å²) >= 11 is 5.87. The Kier molecular flexibility index (Phi) is 4.44. The molecule has 7 heteroatoms. The third-order valence-electron chi connectivity index (χ3n) is 4.38. The van der Waals surface area contributed by atoms with Crippen molar-refractivity contribution in [1.29, 1.82) is 0 Å². The van der Waals surface area contributed by atoms with Crippen LogP contribution in [-0.4, -0.2) is 23.2 Å². The molecule has 0 unspecified atom stereocenters. The Morgan fingerprint density at radius 1 is 1.04 bits per heavy atom. The van der Waals surface area contributed by atoms with E-state index in [1.54, 1.807) is 24.3 Å². The number of halogens is 4. The second-order valence-corrected chi connectivity index (χ2v) is 6.36. The van der Waals surface area contributed by atoms with Crippen LogP contribution in [0.3, 0.4) is 0 Å². The predicted octanol–water partition coefficient (Wildman–Crippen LogP) is 4.24. The van der Waals surface area contributed by atoms with E-state index in [0.717, 1.165) is 11.6 Å². The van der Waals surface area contributed by atoms with Crippen molar-refractivity contribution in [3.8, 4) is 0 Å². The Labute approximate surface area is 142 Å². The van der Waals surface area contributed by atoms with Gasteiger partial charge in [0.25, 0.3) is 0 Å². The summed E-state index contributed by atoms with van der Waals surface area (Å²) in [4.78, 5) is 5.41. The zero-order valence-corrected chi connectivity index (χ0v) is 13.5. The van der Waals surface area contributed by atoms with Crippen LogP contribution in [0, 0.1) is 0 Å². The van der Waals surface area contributed by atoms with Gasteiger partial charge in [0.1, 0.15) is 5.69 Å². The molecule has 1 aromatic heterocycles. The summed E-state index contributed by atoms with van der Waals surface area (Å²) in [5.74, 6) is 0. The molecule has 0 spiro atoms. The summed E-state index contributed by atoms with van der Waals surface area (Å²) in [6.07, 6.45) is -2.24. The minimum Gasteiger partial charge on any atom is -0.385 e. The first kappa shape index (κ1) is 17.0. The number of hydrogen-bond donors (Lipinski definition) is 1. The molecule has 0 saturated carbocycles. The number of aliphatic hydroxyl groups is 1. The maximum atomic E-state index is 12.6. The molecule has 0 bridgehead atoms. The van der Waals surface area contributed by atoms with Crippen LogP contribution >= 0.6 is 11.6 Å². The lowest BCUT2D eigenvalue weighted by molar-refractivity contribution is -0.141. The summed E-state index contributed by atoms with van der Waals surface area (Å²) < 4.78 is 37.7. The van der Waals surface area contributed by atoms with Crippen molar-refractivity contribution in [1.82, 2.24) is 4.98 Å². The minimum absolute atomic E-state index is 0.482. The zero-order chi connectivity index (χ0) is 17.4. The fraction of sp³-hybridized carbons (Fsp3) is 0.353. The van der Waals surface area contributed by atoms with Crippen LogP contribution < -0.4 is 4.90 Å². The number of rotatable bonds is 2. The third kappa shape index (κ3) is 3.49. The van der Waals surface area contributed by atoms with Gasteiger partial charge in [-0.2, -0.15) is 13.2 Å². The van der Waals surface area contributed by atoms with Gasteiger partial charge in [-0.05, 0) is 42.7 Å². The summed E-state index contributed by atoms with van der Waals surface area (Å²) in [7, 11) is 0. The van der Waals surface area contributed by atoms with Gasteiger partial charge in [0.05, 0.1) is 17.5 Å². The standard InChI is InChI=1S/C17H16ClF3N2O/c18-13-3-1-12(2-4-13)16(24)7-9-23(10-8-16)14-5-6-15(22-11-14)17(19,20)21/h1-6,11,24H,7-10H2. The van der Waals surface area contributed by atoms with Gasteiger partial charge in [0.15, 0.2) is 0 Å². The molecule has 1 N–H and O–H groups in total. The van der Waals surface area contributed by atoms with Gasteiger partial charge in [0, 0.05) is 18.1 Å². The van der Waals surface area contributed by atoms with Crippen molar-refractivity contribution in [2.75, 3.05) is 18.0 Å². The molecule has 2 aromatic rings. The molecule has 0 aliphatic carbocycles. The lowest BCUT2D eigenvalue weighted by Gasteiger charge is -2.39. The highest BCUT2D eigenvalue weighted by atomic mass is 35.5. The first-order chi connectivity index (χ1) is 11.3. The lowest BCUT2D eigenvalue weighted by atomic mass is 9.84. The van der Waals surface area contributed by atoms with Crippen molar-refractivity contribution < 1.29 is 18.3 Å². The van der Waals surface area contributed by atoms with Gasteiger partial charge < -0.3 is 10.0 Å². The van der Waals surface area contributed by atoms with Crippen LogP contribution in [0.5, 0.6) is 0 Å². The van der Waals surface area contributed by atoms with E-state index in [2.05, 4.69) is 4.98 Å². The Hall–Kier alpha value is -1.79. The van der Waals surface area contributed by atoms with E-state index in [1.165, 1.54) is 12.3 Å². The van der Waals surface area contributed by atoms with Crippen LogP contribution in [0.2, 0.25) is 5.02 Å². The Morgan fingerprint density at radius 3 is 2.17 bits per heavy atom. The van der Waals surface area contributed by atoms with Crippen molar-refractivity contribution in [2.45, 2.75) is 24.6 Å². The maximum Gasteiger partial charge on any atom is 0.433 e. The Bertz CT molecular complexity index is 693. The number of pyridine rings is 1. The number of hydrogen-bond acceptors (Lipinski definition) is 3. The maximum absolute atomic E-state index is 12.6. The average molecular weight is 357 g/mol.